The summed E-state index contributed by atoms with van der Waals surface area (Å²) < 4.78 is 0. The third-order valence-corrected chi connectivity index (χ3v) is 3.94. The van der Waals surface area contributed by atoms with E-state index in [4.69, 9.17) is 11.6 Å². The molecule has 0 atom stereocenters. The van der Waals surface area contributed by atoms with Crippen LogP contribution < -0.4 is 5.32 Å². The zero-order valence-electron chi connectivity index (χ0n) is 12.7. The predicted molar refractivity (Wildman–Crippen MR) is 96.0 cm³/mol. The molecule has 3 aromatic rings. The van der Waals surface area contributed by atoms with Crippen molar-refractivity contribution in [2.75, 3.05) is 5.32 Å². The molecular weight excluding hydrogens is 306 g/mol. The van der Waals surface area contributed by atoms with E-state index in [1.807, 2.05) is 73.7 Å². The number of carbonyl (C=O) groups excluding carboxylic acids is 1. The van der Waals surface area contributed by atoms with Crippen LogP contribution in [0.4, 0.5) is 5.69 Å². The molecule has 0 heterocycles. The first-order valence-electron chi connectivity index (χ1n) is 7.37. The zero-order chi connectivity index (χ0) is 16.2. The topological polar surface area (TPSA) is 29.1 Å². The molecule has 0 radical (unpaired) electrons. The molecule has 1 amide bonds. The normalized spacial score (nSPS) is 10.3. The highest BCUT2D eigenvalue weighted by atomic mass is 35.5. The average Bonchev–Trinajstić information content (AvgIpc) is 2.57. The molecule has 3 aromatic carbocycles. The number of nitrogens with one attached hydrogen (secondary N) is 1. The van der Waals surface area contributed by atoms with E-state index in [0.29, 0.717) is 10.6 Å². The first-order valence-corrected chi connectivity index (χ1v) is 7.75. The summed E-state index contributed by atoms with van der Waals surface area (Å²) in [7, 11) is 0. The molecule has 3 rings (SSSR count). The van der Waals surface area contributed by atoms with Crippen molar-refractivity contribution in [3.05, 3.63) is 88.9 Å². The smallest absolute Gasteiger partial charge is 0.255 e. The fraction of sp³-hybridized carbons (Fsp3) is 0.0500. The maximum Gasteiger partial charge on any atom is 0.255 e. The number of anilines is 1. The number of rotatable bonds is 3. The monoisotopic (exact) mass is 321 g/mol. The third kappa shape index (κ3) is 3.43. The Kier molecular flexibility index (Phi) is 4.45. The minimum Gasteiger partial charge on any atom is -0.321 e. The summed E-state index contributed by atoms with van der Waals surface area (Å²) in [6, 6.07) is 22.9. The molecule has 0 fully saturated rings. The Labute approximate surface area is 140 Å². The van der Waals surface area contributed by atoms with Gasteiger partial charge in [0.25, 0.3) is 5.91 Å². The van der Waals surface area contributed by atoms with E-state index in [9.17, 15) is 4.79 Å². The van der Waals surface area contributed by atoms with Crippen LogP contribution in [-0.4, -0.2) is 5.91 Å². The Bertz CT molecular complexity index is 843. The highest BCUT2D eigenvalue weighted by Gasteiger charge is 2.12. The van der Waals surface area contributed by atoms with Crippen LogP contribution >= 0.6 is 11.6 Å². The lowest BCUT2D eigenvalue weighted by molar-refractivity contribution is 0.102. The van der Waals surface area contributed by atoms with Crippen molar-refractivity contribution in [1.29, 1.82) is 0 Å². The predicted octanol–water partition coefficient (Wildman–Crippen LogP) is 5.57. The van der Waals surface area contributed by atoms with Gasteiger partial charge in [-0.15, -0.1) is 0 Å². The van der Waals surface area contributed by atoms with Crippen LogP contribution in [0.25, 0.3) is 11.1 Å². The van der Waals surface area contributed by atoms with Gasteiger partial charge in [-0.25, -0.2) is 0 Å². The van der Waals surface area contributed by atoms with Gasteiger partial charge in [0.2, 0.25) is 0 Å². The van der Waals surface area contributed by atoms with Crippen LogP contribution in [0.15, 0.2) is 72.8 Å². The lowest BCUT2D eigenvalue weighted by Crippen LogP contribution is -2.13. The molecule has 3 heteroatoms. The van der Waals surface area contributed by atoms with Gasteiger partial charge in [0.15, 0.2) is 0 Å². The van der Waals surface area contributed by atoms with E-state index < -0.39 is 0 Å². The van der Waals surface area contributed by atoms with Crippen LogP contribution in [0.2, 0.25) is 5.02 Å². The SMILES string of the molecule is Cc1ccccc1C(=O)Nc1ccc(Cl)cc1-c1ccccc1. The van der Waals surface area contributed by atoms with Crippen molar-refractivity contribution < 1.29 is 4.79 Å². The molecule has 23 heavy (non-hydrogen) atoms. The largest absolute Gasteiger partial charge is 0.321 e. The minimum absolute atomic E-state index is 0.123. The van der Waals surface area contributed by atoms with Crippen LogP contribution in [0.3, 0.4) is 0 Å². The Balaban J connectivity index is 1.98. The number of hydrogen-bond acceptors (Lipinski definition) is 1. The number of carbonyl (C=O) groups is 1. The fourth-order valence-corrected chi connectivity index (χ4v) is 2.67. The molecule has 2 nitrogen and oxygen atoms in total. The van der Waals surface area contributed by atoms with E-state index in [1.54, 1.807) is 6.07 Å². The maximum atomic E-state index is 12.6. The van der Waals surface area contributed by atoms with E-state index in [-0.39, 0.29) is 5.91 Å². The van der Waals surface area contributed by atoms with Crippen molar-refractivity contribution in [1.82, 2.24) is 0 Å². The van der Waals surface area contributed by atoms with Crippen LogP contribution in [0.1, 0.15) is 15.9 Å². The summed E-state index contributed by atoms with van der Waals surface area (Å²) >= 11 is 6.13. The molecule has 0 saturated heterocycles. The first kappa shape index (κ1) is 15.3. The lowest BCUT2D eigenvalue weighted by Gasteiger charge is -2.13. The second-order valence-electron chi connectivity index (χ2n) is 5.32. The molecule has 0 aliphatic carbocycles. The first-order chi connectivity index (χ1) is 11.1. The molecule has 0 bridgehead atoms. The van der Waals surface area contributed by atoms with E-state index in [1.165, 1.54) is 0 Å². The van der Waals surface area contributed by atoms with Crippen molar-refractivity contribution in [2.45, 2.75) is 6.92 Å². The van der Waals surface area contributed by atoms with Gasteiger partial charge in [0.1, 0.15) is 0 Å². The van der Waals surface area contributed by atoms with Crippen LogP contribution in [-0.2, 0) is 0 Å². The van der Waals surface area contributed by atoms with Gasteiger partial charge >= 0.3 is 0 Å². The molecule has 1 N–H and O–H groups in total. The van der Waals surface area contributed by atoms with Gasteiger partial charge < -0.3 is 5.32 Å². The third-order valence-electron chi connectivity index (χ3n) is 3.70. The molecule has 0 aliphatic rings. The van der Waals surface area contributed by atoms with Crippen molar-refractivity contribution >= 4 is 23.2 Å². The second kappa shape index (κ2) is 6.67. The number of halogens is 1. The standard InChI is InChI=1S/C20H16ClNO/c1-14-7-5-6-10-17(14)20(23)22-19-12-11-16(21)13-18(19)15-8-3-2-4-9-15/h2-13H,1H3,(H,22,23). The zero-order valence-corrected chi connectivity index (χ0v) is 13.5. The van der Waals surface area contributed by atoms with E-state index in [2.05, 4.69) is 5.32 Å². The molecule has 0 spiro atoms. The maximum absolute atomic E-state index is 12.6. The average molecular weight is 322 g/mol. The molecule has 114 valence electrons. The summed E-state index contributed by atoms with van der Waals surface area (Å²) in [6.07, 6.45) is 0. The Morgan fingerprint density at radius 3 is 2.35 bits per heavy atom. The molecule has 0 aromatic heterocycles. The number of hydrogen-bond donors (Lipinski definition) is 1. The fourth-order valence-electron chi connectivity index (χ4n) is 2.50. The van der Waals surface area contributed by atoms with Crippen LogP contribution in [0.5, 0.6) is 0 Å². The summed E-state index contributed by atoms with van der Waals surface area (Å²) in [5, 5.41) is 3.63. The quantitative estimate of drug-likeness (QED) is 0.671. The highest BCUT2D eigenvalue weighted by molar-refractivity contribution is 6.31. The Morgan fingerprint density at radius 1 is 0.913 bits per heavy atom. The number of benzene rings is 3. The van der Waals surface area contributed by atoms with Gasteiger partial charge in [0.05, 0.1) is 0 Å². The van der Waals surface area contributed by atoms with Crippen molar-refractivity contribution in [3.8, 4) is 11.1 Å². The highest BCUT2D eigenvalue weighted by Crippen LogP contribution is 2.31. The number of aryl methyl sites for hydroxylation is 1. The van der Waals surface area contributed by atoms with Gasteiger partial charge in [0, 0.05) is 21.8 Å². The molecule has 0 saturated carbocycles. The van der Waals surface area contributed by atoms with Crippen LogP contribution in [0, 0.1) is 6.92 Å². The van der Waals surface area contributed by atoms with Gasteiger partial charge in [-0.3, -0.25) is 4.79 Å². The lowest BCUT2D eigenvalue weighted by atomic mass is 10.0. The molecular formula is C20H16ClNO. The second-order valence-corrected chi connectivity index (χ2v) is 5.76. The summed E-state index contributed by atoms with van der Waals surface area (Å²) in [4.78, 5) is 12.6. The minimum atomic E-state index is -0.123. The summed E-state index contributed by atoms with van der Waals surface area (Å²) in [6.45, 7) is 1.93. The summed E-state index contributed by atoms with van der Waals surface area (Å²) in [5.74, 6) is -0.123. The molecule has 0 unspecified atom stereocenters. The summed E-state index contributed by atoms with van der Waals surface area (Å²) in [5.41, 5.74) is 4.27. The van der Waals surface area contributed by atoms with Crippen molar-refractivity contribution in [3.63, 3.8) is 0 Å². The van der Waals surface area contributed by atoms with E-state index in [0.717, 1.165) is 22.4 Å². The van der Waals surface area contributed by atoms with Crippen molar-refractivity contribution in [2.24, 2.45) is 0 Å². The van der Waals surface area contributed by atoms with Gasteiger partial charge in [-0.1, -0.05) is 60.1 Å². The van der Waals surface area contributed by atoms with Gasteiger partial charge in [-0.2, -0.15) is 0 Å². The Hall–Kier alpha value is -2.58. The molecule has 0 aliphatic heterocycles. The Morgan fingerprint density at radius 2 is 1.61 bits per heavy atom. The van der Waals surface area contributed by atoms with E-state index >= 15 is 0 Å². The van der Waals surface area contributed by atoms with Gasteiger partial charge in [-0.05, 0) is 42.3 Å². The number of amides is 1.